The smallest absolute Gasteiger partial charge is 0.271 e. The van der Waals surface area contributed by atoms with Gasteiger partial charge in [0.15, 0.2) is 0 Å². The van der Waals surface area contributed by atoms with Crippen molar-refractivity contribution in [3.63, 3.8) is 0 Å². The molecule has 0 bridgehead atoms. The second kappa shape index (κ2) is 15.7. The number of ether oxygens (including phenoxy) is 3. The Morgan fingerprint density at radius 3 is 1.33 bits per heavy atom. The predicted octanol–water partition coefficient (Wildman–Crippen LogP) is 1.15. The Labute approximate surface area is 90.7 Å². The van der Waals surface area contributed by atoms with Crippen molar-refractivity contribution >= 4 is 12.6 Å². The fourth-order valence-electron chi connectivity index (χ4n) is 0.592. The van der Waals surface area contributed by atoms with Crippen LogP contribution in [0.15, 0.2) is 0 Å². The van der Waals surface area contributed by atoms with Crippen molar-refractivity contribution in [2.45, 2.75) is 33.7 Å². The van der Waals surface area contributed by atoms with Crippen molar-refractivity contribution in [1.29, 1.82) is 0 Å². The maximum atomic E-state index is 9.17. The summed E-state index contributed by atoms with van der Waals surface area (Å²) in [6, 6.07) is 0. The van der Waals surface area contributed by atoms with Gasteiger partial charge in [0.1, 0.15) is 12.6 Å². The fraction of sp³-hybridized carbons (Fsp3) is 0.800. The molecule has 15 heavy (non-hydrogen) atoms. The molecular formula is C10H20O5. The molecule has 0 aliphatic carbocycles. The molecule has 0 heterocycles. The number of hydrogen-bond acceptors (Lipinski definition) is 5. The molecule has 0 fully saturated rings. The molecule has 0 unspecified atom stereocenters. The highest BCUT2D eigenvalue weighted by atomic mass is 16.8. The zero-order valence-corrected chi connectivity index (χ0v) is 9.60. The largest absolute Gasteiger partial charge is 0.330 e. The molecule has 0 amide bonds. The first kappa shape index (κ1) is 16.6. The Balaban J connectivity index is 0. The summed E-state index contributed by atoms with van der Waals surface area (Å²) in [4.78, 5) is 18.3. The van der Waals surface area contributed by atoms with Crippen molar-refractivity contribution in [3.05, 3.63) is 0 Å². The van der Waals surface area contributed by atoms with Gasteiger partial charge in [0.2, 0.25) is 0 Å². The van der Waals surface area contributed by atoms with E-state index < -0.39 is 6.48 Å². The van der Waals surface area contributed by atoms with Gasteiger partial charge < -0.3 is 23.8 Å². The Hall–Kier alpha value is -0.780. The van der Waals surface area contributed by atoms with Crippen molar-refractivity contribution in [2.24, 2.45) is 0 Å². The number of hydrogen-bond donors (Lipinski definition) is 0. The zero-order valence-electron chi connectivity index (χ0n) is 9.60. The summed E-state index contributed by atoms with van der Waals surface area (Å²) in [5.74, 6) is 0. The monoisotopic (exact) mass is 220 g/mol. The van der Waals surface area contributed by atoms with E-state index in [2.05, 4.69) is 0 Å². The molecule has 0 aliphatic rings. The van der Waals surface area contributed by atoms with Crippen LogP contribution in [0.4, 0.5) is 0 Å². The lowest BCUT2D eigenvalue weighted by molar-refractivity contribution is -0.282. The first-order chi connectivity index (χ1) is 7.26. The minimum absolute atomic E-state index is 0.0278. The average molecular weight is 220 g/mol. The first-order valence-electron chi connectivity index (χ1n) is 4.98. The van der Waals surface area contributed by atoms with Gasteiger partial charge in [-0.05, 0) is 20.8 Å². The van der Waals surface area contributed by atoms with Crippen molar-refractivity contribution in [1.82, 2.24) is 0 Å². The van der Waals surface area contributed by atoms with Gasteiger partial charge in [-0.15, -0.1) is 0 Å². The van der Waals surface area contributed by atoms with Crippen LogP contribution in [0.2, 0.25) is 0 Å². The predicted molar refractivity (Wildman–Crippen MR) is 55.4 cm³/mol. The van der Waals surface area contributed by atoms with Crippen LogP contribution in [0.5, 0.6) is 0 Å². The minimum Gasteiger partial charge on any atom is -0.330 e. The standard InChI is InChI=1S/C7H16O3.C3H4O2/c1-4-8-7(9-5-2)10-6-3;4-2-1-3-5/h7H,4-6H2,1-3H3;2-3H,1H2. The van der Waals surface area contributed by atoms with Crippen molar-refractivity contribution in [2.75, 3.05) is 19.8 Å². The normalized spacial score (nSPS) is 9.33. The average Bonchev–Trinajstić information content (AvgIpc) is 2.21. The zero-order chi connectivity index (χ0) is 11.9. The second-order valence-electron chi connectivity index (χ2n) is 2.22. The minimum atomic E-state index is -0.472. The van der Waals surface area contributed by atoms with E-state index in [-0.39, 0.29) is 6.42 Å². The summed E-state index contributed by atoms with van der Waals surface area (Å²) in [5, 5.41) is 0. The summed E-state index contributed by atoms with van der Waals surface area (Å²) >= 11 is 0. The van der Waals surface area contributed by atoms with E-state index >= 15 is 0 Å². The van der Waals surface area contributed by atoms with E-state index in [0.717, 1.165) is 0 Å². The van der Waals surface area contributed by atoms with E-state index in [1.165, 1.54) is 0 Å². The molecule has 0 aromatic carbocycles. The third-order valence-electron chi connectivity index (χ3n) is 1.10. The SMILES string of the molecule is CCOC(OCC)OCC.O=CCC=O. The molecule has 0 aromatic rings. The summed E-state index contributed by atoms with van der Waals surface area (Å²) in [6.07, 6.45) is 1.15. The highest BCUT2D eigenvalue weighted by molar-refractivity contribution is 5.72. The van der Waals surface area contributed by atoms with E-state index in [9.17, 15) is 9.59 Å². The lowest BCUT2D eigenvalue weighted by Gasteiger charge is -2.15. The molecule has 0 N–H and O–H groups in total. The Morgan fingerprint density at radius 1 is 0.867 bits per heavy atom. The molecule has 5 nitrogen and oxygen atoms in total. The van der Waals surface area contributed by atoms with E-state index in [0.29, 0.717) is 32.4 Å². The van der Waals surface area contributed by atoms with Gasteiger partial charge >= 0.3 is 0 Å². The number of aldehydes is 2. The number of carbonyl (C=O) groups is 2. The van der Waals surface area contributed by atoms with E-state index in [1.54, 1.807) is 0 Å². The van der Waals surface area contributed by atoms with Gasteiger partial charge in [0.05, 0.1) is 6.42 Å². The Bertz CT molecular complexity index is 118. The van der Waals surface area contributed by atoms with E-state index in [1.807, 2.05) is 20.8 Å². The molecule has 0 aliphatic heterocycles. The first-order valence-corrected chi connectivity index (χ1v) is 4.98. The highest BCUT2D eigenvalue weighted by Crippen LogP contribution is 1.95. The van der Waals surface area contributed by atoms with Crippen LogP contribution in [-0.4, -0.2) is 38.9 Å². The van der Waals surface area contributed by atoms with Crippen LogP contribution in [-0.2, 0) is 23.8 Å². The quantitative estimate of drug-likeness (QED) is 0.349. The van der Waals surface area contributed by atoms with Gasteiger partial charge in [-0.3, -0.25) is 0 Å². The molecule has 90 valence electrons. The van der Waals surface area contributed by atoms with Gasteiger partial charge in [-0.25, -0.2) is 0 Å². The lowest BCUT2D eigenvalue weighted by Crippen LogP contribution is -2.20. The summed E-state index contributed by atoms with van der Waals surface area (Å²) < 4.78 is 15.2. The van der Waals surface area contributed by atoms with Crippen LogP contribution in [0.25, 0.3) is 0 Å². The Kier molecular flexibility index (Phi) is 17.4. The number of rotatable bonds is 8. The van der Waals surface area contributed by atoms with Crippen LogP contribution in [0.3, 0.4) is 0 Å². The van der Waals surface area contributed by atoms with Gasteiger partial charge in [-0.1, -0.05) is 0 Å². The lowest BCUT2D eigenvalue weighted by atomic mass is 10.6. The summed E-state index contributed by atoms with van der Waals surface area (Å²) in [6.45, 7) is 7.10. The maximum absolute atomic E-state index is 9.17. The van der Waals surface area contributed by atoms with Crippen LogP contribution >= 0.6 is 0 Å². The van der Waals surface area contributed by atoms with Crippen LogP contribution in [0.1, 0.15) is 27.2 Å². The summed E-state index contributed by atoms with van der Waals surface area (Å²) in [7, 11) is 0. The maximum Gasteiger partial charge on any atom is 0.271 e. The van der Waals surface area contributed by atoms with Crippen molar-refractivity contribution < 1.29 is 23.8 Å². The summed E-state index contributed by atoms with van der Waals surface area (Å²) in [5.41, 5.74) is 0. The molecule has 0 saturated carbocycles. The molecule has 0 atom stereocenters. The van der Waals surface area contributed by atoms with Crippen LogP contribution in [0, 0.1) is 0 Å². The third-order valence-corrected chi connectivity index (χ3v) is 1.10. The second-order valence-corrected chi connectivity index (χ2v) is 2.22. The molecule has 0 radical (unpaired) electrons. The Morgan fingerprint density at radius 2 is 1.20 bits per heavy atom. The molecule has 0 saturated heterocycles. The van der Waals surface area contributed by atoms with Gasteiger partial charge in [0, 0.05) is 19.8 Å². The van der Waals surface area contributed by atoms with Gasteiger partial charge in [0.25, 0.3) is 6.48 Å². The fourth-order valence-corrected chi connectivity index (χ4v) is 0.592. The van der Waals surface area contributed by atoms with E-state index in [4.69, 9.17) is 14.2 Å². The highest BCUT2D eigenvalue weighted by Gasteiger charge is 2.04. The molecular weight excluding hydrogens is 200 g/mol. The third kappa shape index (κ3) is 15.9. The number of carbonyl (C=O) groups excluding carboxylic acids is 2. The molecule has 5 heteroatoms. The molecule has 0 aromatic heterocycles. The topological polar surface area (TPSA) is 61.8 Å². The van der Waals surface area contributed by atoms with Gasteiger partial charge in [-0.2, -0.15) is 0 Å². The van der Waals surface area contributed by atoms with Crippen molar-refractivity contribution in [3.8, 4) is 0 Å². The molecule has 0 spiro atoms. The van der Waals surface area contributed by atoms with Crippen LogP contribution < -0.4 is 0 Å². The molecule has 0 rings (SSSR count).